The summed E-state index contributed by atoms with van der Waals surface area (Å²) in [6.07, 6.45) is 1.78. The van der Waals surface area contributed by atoms with Crippen molar-refractivity contribution in [2.24, 2.45) is 0 Å². The van der Waals surface area contributed by atoms with Crippen LogP contribution >= 0.6 is 0 Å². The van der Waals surface area contributed by atoms with Crippen LogP contribution in [0.15, 0.2) is 54.6 Å². The summed E-state index contributed by atoms with van der Waals surface area (Å²) >= 11 is 0. The zero-order valence-corrected chi connectivity index (χ0v) is 15.4. The standard InChI is InChI=1S/C21H28N2O2/c1-4-18-12-8-9-13-20(18)25-16-21(24)22-15-19(23(2)3)14-17-10-6-5-7-11-17/h5-13,19H,4,14-16H2,1-3H3,(H,22,24). The molecule has 2 rings (SSSR count). The van der Waals surface area contributed by atoms with E-state index in [0.717, 1.165) is 24.2 Å². The number of hydrogen-bond acceptors (Lipinski definition) is 3. The lowest BCUT2D eigenvalue weighted by atomic mass is 10.1. The number of nitrogens with one attached hydrogen (secondary N) is 1. The number of hydrogen-bond donors (Lipinski definition) is 1. The van der Waals surface area contributed by atoms with Crippen molar-refractivity contribution in [1.82, 2.24) is 10.2 Å². The molecule has 0 aliphatic rings. The number of aryl methyl sites for hydroxylation is 1. The van der Waals surface area contributed by atoms with Crippen LogP contribution in [-0.2, 0) is 17.6 Å². The van der Waals surface area contributed by atoms with E-state index in [-0.39, 0.29) is 18.6 Å². The third kappa shape index (κ3) is 6.24. The summed E-state index contributed by atoms with van der Waals surface area (Å²) < 4.78 is 5.68. The molecule has 0 aromatic heterocycles. The highest BCUT2D eigenvalue weighted by atomic mass is 16.5. The normalized spacial score (nSPS) is 12.0. The number of carbonyl (C=O) groups excluding carboxylic acids is 1. The third-order valence-electron chi connectivity index (χ3n) is 4.29. The molecule has 1 amide bonds. The van der Waals surface area contributed by atoms with E-state index in [0.29, 0.717) is 6.54 Å². The molecule has 4 heteroatoms. The van der Waals surface area contributed by atoms with Crippen LogP contribution in [0.3, 0.4) is 0 Å². The Balaban J connectivity index is 1.82. The molecule has 1 N–H and O–H groups in total. The van der Waals surface area contributed by atoms with Gasteiger partial charge in [0.1, 0.15) is 5.75 Å². The largest absolute Gasteiger partial charge is 0.483 e. The Morgan fingerprint density at radius 3 is 2.44 bits per heavy atom. The molecule has 2 aromatic rings. The average molecular weight is 340 g/mol. The molecule has 0 spiro atoms. The second-order valence-corrected chi connectivity index (χ2v) is 6.36. The van der Waals surface area contributed by atoms with Crippen LogP contribution in [0.5, 0.6) is 5.75 Å². The topological polar surface area (TPSA) is 41.6 Å². The highest BCUT2D eigenvalue weighted by molar-refractivity contribution is 5.77. The fraction of sp³-hybridized carbons (Fsp3) is 0.381. The number of carbonyl (C=O) groups is 1. The van der Waals surface area contributed by atoms with Gasteiger partial charge in [-0.15, -0.1) is 0 Å². The molecule has 4 nitrogen and oxygen atoms in total. The van der Waals surface area contributed by atoms with Crippen molar-refractivity contribution in [1.29, 1.82) is 0 Å². The molecule has 0 bridgehead atoms. The number of amides is 1. The molecule has 0 aliphatic heterocycles. The predicted molar refractivity (Wildman–Crippen MR) is 102 cm³/mol. The van der Waals surface area contributed by atoms with Crippen molar-refractivity contribution in [2.45, 2.75) is 25.8 Å². The van der Waals surface area contributed by atoms with Gasteiger partial charge in [0.25, 0.3) is 5.91 Å². The highest BCUT2D eigenvalue weighted by Crippen LogP contribution is 2.17. The number of nitrogens with zero attached hydrogens (tertiary/aromatic N) is 1. The van der Waals surface area contributed by atoms with Gasteiger partial charge in [-0.05, 0) is 44.1 Å². The monoisotopic (exact) mass is 340 g/mol. The lowest BCUT2D eigenvalue weighted by molar-refractivity contribution is -0.123. The van der Waals surface area contributed by atoms with Gasteiger partial charge in [-0.2, -0.15) is 0 Å². The van der Waals surface area contributed by atoms with Crippen LogP contribution in [0.1, 0.15) is 18.1 Å². The van der Waals surface area contributed by atoms with Crippen molar-refractivity contribution < 1.29 is 9.53 Å². The highest BCUT2D eigenvalue weighted by Gasteiger charge is 2.14. The quantitative estimate of drug-likeness (QED) is 0.763. The van der Waals surface area contributed by atoms with Gasteiger partial charge in [0.05, 0.1) is 0 Å². The van der Waals surface area contributed by atoms with Crippen LogP contribution in [0.25, 0.3) is 0 Å². The van der Waals surface area contributed by atoms with E-state index in [4.69, 9.17) is 4.74 Å². The van der Waals surface area contributed by atoms with Crippen LogP contribution < -0.4 is 10.1 Å². The number of para-hydroxylation sites is 1. The predicted octanol–water partition coefficient (Wildman–Crippen LogP) is 2.92. The molecule has 1 unspecified atom stereocenters. The van der Waals surface area contributed by atoms with E-state index in [2.05, 4.69) is 29.3 Å². The molecule has 0 saturated carbocycles. The van der Waals surface area contributed by atoms with Crippen LogP contribution in [0, 0.1) is 0 Å². The van der Waals surface area contributed by atoms with Gasteiger partial charge in [-0.25, -0.2) is 0 Å². The molecule has 0 saturated heterocycles. The van der Waals surface area contributed by atoms with Crippen molar-refractivity contribution in [3.05, 3.63) is 65.7 Å². The molecule has 0 heterocycles. The molecule has 134 valence electrons. The molecule has 25 heavy (non-hydrogen) atoms. The second kappa shape index (κ2) is 9.84. The summed E-state index contributed by atoms with van der Waals surface area (Å²) in [4.78, 5) is 14.3. The first-order valence-corrected chi connectivity index (χ1v) is 8.78. The molecule has 2 aromatic carbocycles. The van der Waals surface area contributed by atoms with Gasteiger partial charge in [0, 0.05) is 12.6 Å². The van der Waals surface area contributed by atoms with Gasteiger partial charge in [-0.3, -0.25) is 4.79 Å². The van der Waals surface area contributed by atoms with E-state index < -0.39 is 0 Å². The van der Waals surface area contributed by atoms with Gasteiger partial charge in [0.15, 0.2) is 6.61 Å². The minimum absolute atomic E-state index is 0.0441. The summed E-state index contributed by atoms with van der Waals surface area (Å²) in [5.41, 5.74) is 2.38. The van der Waals surface area contributed by atoms with E-state index >= 15 is 0 Å². The maximum absolute atomic E-state index is 12.1. The number of ether oxygens (including phenoxy) is 1. The van der Waals surface area contributed by atoms with Crippen LogP contribution in [0.4, 0.5) is 0 Å². The van der Waals surface area contributed by atoms with Crippen LogP contribution in [-0.4, -0.2) is 44.1 Å². The van der Waals surface area contributed by atoms with E-state index in [1.807, 2.05) is 56.6 Å². The summed E-state index contributed by atoms with van der Waals surface area (Å²) in [7, 11) is 4.07. The third-order valence-corrected chi connectivity index (χ3v) is 4.29. The Morgan fingerprint density at radius 2 is 1.76 bits per heavy atom. The summed E-state index contributed by atoms with van der Waals surface area (Å²) in [5, 5.41) is 2.99. The second-order valence-electron chi connectivity index (χ2n) is 6.36. The SMILES string of the molecule is CCc1ccccc1OCC(=O)NCC(Cc1ccccc1)N(C)C. The molecule has 0 fully saturated rings. The van der Waals surface area contributed by atoms with Gasteiger partial charge < -0.3 is 15.0 Å². The fourth-order valence-corrected chi connectivity index (χ4v) is 2.69. The maximum Gasteiger partial charge on any atom is 0.257 e. The minimum atomic E-state index is -0.0918. The Morgan fingerprint density at radius 1 is 1.08 bits per heavy atom. The summed E-state index contributed by atoms with van der Waals surface area (Å²) in [6.45, 7) is 2.72. The zero-order chi connectivity index (χ0) is 18.1. The van der Waals surface area contributed by atoms with Crippen molar-refractivity contribution in [3.8, 4) is 5.75 Å². The first kappa shape index (κ1) is 19.0. The lowest BCUT2D eigenvalue weighted by Crippen LogP contribution is -2.43. The smallest absolute Gasteiger partial charge is 0.257 e. The Kier molecular flexibility index (Phi) is 7.48. The minimum Gasteiger partial charge on any atom is -0.483 e. The maximum atomic E-state index is 12.1. The van der Waals surface area contributed by atoms with Gasteiger partial charge >= 0.3 is 0 Å². The molecular weight excluding hydrogens is 312 g/mol. The Bertz CT molecular complexity index is 656. The van der Waals surface area contributed by atoms with Crippen molar-refractivity contribution in [2.75, 3.05) is 27.2 Å². The van der Waals surface area contributed by atoms with Crippen molar-refractivity contribution >= 4 is 5.91 Å². The van der Waals surface area contributed by atoms with Crippen LogP contribution in [0.2, 0.25) is 0 Å². The van der Waals surface area contributed by atoms with Gasteiger partial charge in [-0.1, -0.05) is 55.5 Å². The first-order valence-electron chi connectivity index (χ1n) is 8.78. The number of benzene rings is 2. The molecule has 0 aliphatic carbocycles. The first-order chi connectivity index (χ1) is 12.1. The Labute approximate surface area is 150 Å². The molecular formula is C21H28N2O2. The Hall–Kier alpha value is -2.33. The van der Waals surface area contributed by atoms with E-state index in [1.54, 1.807) is 0 Å². The summed E-state index contributed by atoms with van der Waals surface area (Å²) in [6, 6.07) is 18.4. The molecule has 1 atom stereocenters. The van der Waals surface area contributed by atoms with Crippen molar-refractivity contribution in [3.63, 3.8) is 0 Å². The average Bonchev–Trinajstić information content (AvgIpc) is 2.64. The number of rotatable bonds is 9. The van der Waals surface area contributed by atoms with E-state index in [1.165, 1.54) is 5.56 Å². The summed E-state index contributed by atoms with van der Waals surface area (Å²) in [5.74, 6) is 0.694. The fourth-order valence-electron chi connectivity index (χ4n) is 2.69. The van der Waals surface area contributed by atoms with E-state index in [9.17, 15) is 4.79 Å². The lowest BCUT2D eigenvalue weighted by Gasteiger charge is -2.25. The number of likely N-dealkylation sites (N-methyl/N-ethyl adjacent to an activating group) is 1. The zero-order valence-electron chi connectivity index (χ0n) is 15.4. The molecule has 0 radical (unpaired) electrons. The van der Waals surface area contributed by atoms with Gasteiger partial charge in [0.2, 0.25) is 0 Å².